The molecule has 1 amide bonds. The highest BCUT2D eigenvalue weighted by Crippen LogP contribution is 2.22. The molecule has 1 aromatic carbocycles. The Bertz CT molecular complexity index is 589. The van der Waals surface area contributed by atoms with Crippen LogP contribution in [0.1, 0.15) is 11.1 Å². The van der Waals surface area contributed by atoms with Gasteiger partial charge in [0.25, 0.3) is 0 Å². The van der Waals surface area contributed by atoms with Crippen LogP contribution in [0.2, 0.25) is 0 Å². The first-order chi connectivity index (χ1) is 8.88. The van der Waals surface area contributed by atoms with Crippen molar-refractivity contribution in [3.05, 3.63) is 59.7 Å². The Balaban J connectivity index is 2.09. The molecule has 1 heterocycles. The molecule has 0 N–H and O–H groups in total. The number of carbonyl (C=O) groups excluding carboxylic acids is 1. The lowest BCUT2D eigenvalue weighted by Gasteiger charge is -2.31. The quantitative estimate of drug-likeness (QED) is 0.539. The molecule has 2 aliphatic rings. The number of nitrogens with zero attached hydrogens (tertiary/aromatic N) is 1. The number of amides is 1. The van der Waals surface area contributed by atoms with Crippen LogP contribution in [0.25, 0.3) is 0 Å². The van der Waals surface area contributed by atoms with E-state index >= 15 is 0 Å². The topological polar surface area (TPSA) is 20.3 Å². The minimum Gasteiger partial charge on any atom is -0.333 e. The largest absolute Gasteiger partial charge is 0.333 e. The van der Waals surface area contributed by atoms with Gasteiger partial charge >= 0.3 is 0 Å². The average molecular weight is 235 g/mol. The van der Waals surface area contributed by atoms with Crippen molar-refractivity contribution in [1.82, 2.24) is 4.90 Å². The highest BCUT2D eigenvalue weighted by molar-refractivity contribution is 5.53. The maximum Gasteiger partial charge on any atom is 0.210 e. The van der Waals surface area contributed by atoms with E-state index in [-0.39, 0.29) is 12.0 Å². The maximum atomic E-state index is 11.3. The highest BCUT2D eigenvalue weighted by atomic mass is 16.1. The molecule has 0 bridgehead atoms. The zero-order chi connectivity index (χ0) is 12.4. The number of fused-ring (bicyclic) bond motifs is 2. The number of rotatable bonds is 1. The first-order valence-electron chi connectivity index (χ1n) is 6.04. The summed E-state index contributed by atoms with van der Waals surface area (Å²) in [4.78, 5) is 13.1. The van der Waals surface area contributed by atoms with Crippen LogP contribution < -0.4 is 0 Å². The van der Waals surface area contributed by atoms with Crippen LogP contribution in [0, 0.1) is 17.8 Å². The summed E-state index contributed by atoms with van der Waals surface area (Å²) in [6.07, 6.45) is 8.99. The fraction of sp³-hybridized carbons (Fsp3) is 0.188. The maximum absolute atomic E-state index is 11.3. The van der Waals surface area contributed by atoms with E-state index in [4.69, 9.17) is 0 Å². The van der Waals surface area contributed by atoms with Gasteiger partial charge in [0.2, 0.25) is 6.41 Å². The molecule has 0 spiro atoms. The zero-order valence-corrected chi connectivity index (χ0v) is 9.91. The molecule has 2 heteroatoms. The molecule has 1 aliphatic carbocycles. The Morgan fingerprint density at radius 2 is 2.06 bits per heavy atom. The molecular formula is C16H13NO. The molecule has 0 fully saturated rings. The van der Waals surface area contributed by atoms with Crippen LogP contribution in [0.3, 0.4) is 0 Å². The van der Waals surface area contributed by atoms with Crippen molar-refractivity contribution in [2.45, 2.75) is 12.6 Å². The van der Waals surface area contributed by atoms with Crippen LogP contribution in [0.4, 0.5) is 0 Å². The van der Waals surface area contributed by atoms with Crippen LogP contribution in [-0.2, 0) is 11.3 Å². The second-order valence-electron chi connectivity index (χ2n) is 4.49. The molecule has 2 atom stereocenters. The number of hydrogen-bond donors (Lipinski definition) is 0. The Morgan fingerprint density at radius 1 is 1.22 bits per heavy atom. The minimum absolute atomic E-state index is 0.0494. The lowest BCUT2D eigenvalue weighted by Crippen LogP contribution is -2.38. The van der Waals surface area contributed by atoms with Crippen molar-refractivity contribution in [2.24, 2.45) is 5.92 Å². The fourth-order valence-electron chi connectivity index (χ4n) is 2.40. The summed E-state index contributed by atoms with van der Waals surface area (Å²) >= 11 is 0. The number of hydrogen-bond acceptors (Lipinski definition) is 1. The van der Waals surface area contributed by atoms with Gasteiger partial charge in [-0.2, -0.15) is 0 Å². The van der Waals surface area contributed by atoms with E-state index in [2.05, 4.69) is 17.9 Å². The first kappa shape index (κ1) is 10.9. The minimum atomic E-state index is 0.0494. The standard InChI is InChI=1S/C16H13NO/c18-12-17-11-15-7-2-1-5-13(15)9-10-14-6-3-4-8-16(14)17/h1-8,12,14,16H,11H2. The molecule has 1 aliphatic heterocycles. The molecule has 2 nitrogen and oxygen atoms in total. The van der Waals surface area contributed by atoms with E-state index in [0.29, 0.717) is 6.54 Å². The van der Waals surface area contributed by atoms with E-state index < -0.39 is 0 Å². The van der Waals surface area contributed by atoms with E-state index in [1.54, 1.807) is 0 Å². The predicted molar refractivity (Wildman–Crippen MR) is 70.5 cm³/mol. The smallest absolute Gasteiger partial charge is 0.210 e. The summed E-state index contributed by atoms with van der Waals surface area (Å²) in [5, 5.41) is 0. The molecule has 18 heavy (non-hydrogen) atoms. The predicted octanol–water partition coefficient (Wildman–Crippen LogP) is 2.12. The van der Waals surface area contributed by atoms with Crippen molar-refractivity contribution < 1.29 is 4.79 Å². The van der Waals surface area contributed by atoms with E-state index in [9.17, 15) is 4.79 Å². The molecule has 0 saturated heterocycles. The summed E-state index contributed by atoms with van der Waals surface area (Å²) in [5.74, 6) is 6.58. The molecule has 0 aromatic heterocycles. The van der Waals surface area contributed by atoms with Gasteiger partial charge in [0.05, 0.1) is 12.0 Å². The van der Waals surface area contributed by atoms with Crippen molar-refractivity contribution in [1.29, 1.82) is 0 Å². The second kappa shape index (κ2) is 4.54. The third kappa shape index (κ3) is 1.84. The summed E-state index contributed by atoms with van der Waals surface area (Å²) in [6.45, 7) is 0.619. The SMILES string of the molecule is O=CN1Cc2ccccc2C#CC2C=CC=CC21. The molecule has 2 unspecified atom stereocenters. The van der Waals surface area contributed by atoms with Crippen molar-refractivity contribution >= 4 is 6.41 Å². The van der Waals surface area contributed by atoms with Crippen LogP contribution in [-0.4, -0.2) is 17.4 Å². The normalized spacial score (nSPS) is 24.1. The van der Waals surface area contributed by atoms with Gasteiger partial charge in [-0.05, 0) is 11.6 Å². The Labute approximate surface area is 107 Å². The summed E-state index contributed by atoms with van der Waals surface area (Å²) in [7, 11) is 0. The van der Waals surface area contributed by atoms with E-state index in [1.807, 2.05) is 47.4 Å². The van der Waals surface area contributed by atoms with Gasteiger partial charge in [0, 0.05) is 12.1 Å². The number of benzene rings is 1. The molecule has 0 saturated carbocycles. The number of carbonyl (C=O) groups is 1. The molecule has 3 rings (SSSR count). The van der Waals surface area contributed by atoms with Gasteiger partial charge in [0.15, 0.2) is 0 Å². The molecular weight excluding hydrogens is 222 g/mol. The summed E-state index contributed by atoms with van der Waals surface area (Å²) in [6, 6.07) is 8.05. The lowest BCUT2D eigenvalue weighted by atomic mass is 9.91. The fourth-order valence-corrected chi connectivity index (χ4v) is 2.40. The monoisotopic (exact) mass is 235 g/mol. The summed E-state index contributed by atoms with van der Waals surface area (Å²) < 4.78 is 0. The number of allylic oxidation sites excluding steroid dienone is 2. The van der Waals surface area contributed by atoms with Crippen LogP contribution in [0.15, 0.2) is 48.6 Å². The lowest BCUT2D eigenvalue weighted by molar-refractivity contribution is -0.120. The second-order valence-corrected chi connectivity index (χ2v) is 4.49. The summed E-state index contributed by atoms with van der Waals surface area (Å²) in [5.41, 5.74) is 2.13. The zero-order valence-electron chi connectivity index (χ0n) is 9.91. The van der Waals surface area contributed by atoms with Gasteiger partial charge < -0.3 is 4.90 Å². The van der Waals surface area contributed by atoms with Gasteiger partial charge in [-0.15, -0.1) is 0 Å². The molecule has 0 radical (unpaired) electrons. The Kier molecular flexibility index (Phi) is 2.74. The molecule has 1 aromatic rings. The van der Waals surface area contributed by atoms with Gasteiger partial charge in [-0.3, -0.25) is 4.79 Å². The van der Waals surface area contributed by atoms with Crippen LogP contribution in [0.5, 0.6) is 0 Å². The van der Waals surface area contributed by atoms with Gasteiger partial charge in [-0.25, -0.2) is 0 Å². The average Bonchev–Trinajstić information content (AvgIpc) is 2.41. The van der Waals surface area contributed by atoms with Crippen molar-refractivity contribution in [3.8, 4) is 11.8 Å². The van der Waals surface area contributed by atoms with E-state index in [0.717, 1.165) is 17.5 Å². The third-order valence-electron chi connectivity index (χ3n) is 3.37. The highest BCUT2D eigenvalue weighted by Gasteiger charge is 2.24. The molecule has 88 valence electrons. The Morgan fingerprint density at radius 3 is 2.94 bits per heavy atom. The van der Waals surface area contributed by atoms with E-state index in [1.165, 1.54) is 0 Å². The van der Waals surface area contributed by atoms with Gasteiger partial charge in [0.1, 0.15) is 0 Å². The van der Waals surface area contributed by atoms with Crippen molar-refractivity contribution in [3.63, 3.8) is 0 Å². The Hall–Kier alpha value is -2.27. The third-order valence-corrected chi connectivity index (χ3v) is 3.37. The van der Waals surface area contributed by atoms with Crippen molar-refractivity contribution in [2.75, 3.05) is 0 Å². The van der Waals surface area contributed by atoms with Crippen LogP contribution >= 0.6 is 0 Å². The first-order valence-corrected chi connectivity index (χ1v) is 6.04. The van der Waals surface area contributed by atoms with Gasteiger partial charge in [-0.1, -0.05) is 54.3 Å².